The third-order valence-corrected chi connectivity index (χ3v) is 5.46. The van der Waals surface area contributed by atoms with Gasteiger partial charge in [0.05, 0.1) is 5.69 Å². The second kappa shape index (κ2) is 9.56. The average molecular weight is 464 g/mol. The van der Waals surface area contributed by atoms with Crippen LogP contribution in [-0.2, 0) is 0 Å². The molecule has 0 bridgehead atoms. The number of anilines is 3. The second-order valence-corrected chi connectivity index (χ2v) is 7.94. The van der Waals surface area contributed by atoms with Gasteiger partial charge in [0, 0.05) is 26.9 Å². The number of H-pyrrole nitrogens is 1. The van der Waals surface area contributed by atoms with Crippen molar-refractivity contribution in [3.63, 3.8) is 0 Å². The van der Waals surface area contributed by atoms with Gasteiger partial charge in [-0.15, -0.1) is 0 Å². The smallest absolute Gasteiger partial charge is 0.270 e. The normalized spacial score (nSPS) is 10.4. The number of nitriles is 1. The summed E-state index contributed by atoms with van der Waals surface area (Å²) in [6.45, 7) is 0. The lowest BCUT2D eigenvalue weighted by Crippen LogP contribution is -2.16. The minimum atomic E-state index is -0.544. The molecule has 32 heavy (non-hydrogen) atoms. The van der Waals surface area contributed by atoms with E-state index >= 15 is 0 Å². The van der Waals surface area contributed by atoms with E-state index in [1.54, 1.807) is 60.7 Å². The van der Waals surface area contributed by atoms with Crippen LogP contribution in [0.1, 0.15) is 5.56 Å². The molecule has 4 rings (SSSR count). The van der Waals surface area contributed by atoms with Crippen LogP contribution in [0.4, 0.5) is 21.7 Å². The number of nitrogens with zero attached hydrogens (tertiary/aromatic N) is 2. The minimum Gasteiger partial charge on any atom is -0.326 e. The number of nitrogens with one attached hydrogen (secondary N) is 3. The van der Waals surface area contributed by atoms with Crippen molar-refractivity contribution in [2.45, 2.75) is 4.90 Å². The molecule has 4 aromatic rings. The molecule has 0 unspecified atom stereocenters. The minimum absolute atomic E-state index is 0.0819. The fraction of sp³-hybridized carbons (Fsp3) is 0. The fourth-order valence-electron chi connectivity index (χ4n) is 2.86. The summed E-state index contributed by atoms with van der Waals surface area (Å²) in [5.41, 5.74) is 1.69. The molecule has 0 saturated heterocycles. The van der Waals surface area contributed by atoms with Gasteiger partial charge in [0.2, 0.25) is 5.95 Å². The molecule has 0 aliphatic rings. The Balaban J connectivity index is 1.57. The third-order valence-electron chi connectivity index (χ3n) is 4.38. The highest BCUT2D eigenvalue weighted by Gasteiger charge is 2.14. The lowest BCUT2D eigenvalue weighted by atomic mass is 10.1. The van der Waals surface area contributed by atoms with E-state index in [9.17, 15) is 14.4 Å². The molecule has 0 saturated carbocycles. The molecule has 0 spiro atoms. The van der Waals surface area contributed by atoms with Crippen molar-refractivity contribution in [3.8, 4) is 17.3 Å². The Morgan fingerprint density at radius 1 is 1.03 bits per heavy atom. The maximum absolute atomic E-state index is 13.3. The van der Waals surface area contributed by atoms with E-state index in [2.05, 4.69) is 20.0 Å². The van der Waals surface area contributed by atoms with Crippen LogP contribution < -0.4 is 15.6 Å². The van der Waals surface area contributed by atoms with E-state index in [0.717, 1.165) is 10.6 Å². The van der Waals surface area contributed by atoms with Crippen molar-refractivity contribution >= 4 is 40.9 Å². The van der Waals surface area contributed by atoms with Gasteiger partial charge < -0.3 is 10.0 Å². The molecule has 0 aliphatic carbocycles. The van der Waals surface area contributed by atoms with Gasteiger partial charge in [0.1, 0.15) is 17.4 Å². The summed E-state index contributed by atoms with van der Waals surface area (Å²) in [6.07, 6.45) is 0. The molecular formula is C23H15ClFN5OS. The number of hydrogen-bond acceptors (Lipinski definition) is 6. The van der Waals surface area contributed by atoms with Crippen LogP contribution in [-0.4, -0.2) is 9.97 Å². The van der Waals surface area contributed by atoms with Crippen molar-refractivity contribution < 1.29 is 4.39 Å². The van der Waals surface area contributed by atoms with E-state index in [1.165, 1.54) is 24.1 Å². The highest BCUT2D eigenvalue weighted by molar-refractivity contribution is 8.00. The Morgan fingerprint density at radius 2 is 1.75 bits per heavy atom. The molecule has 9 heteroatoms. The second-order valence-electron chi connectivity index (χ2n) is 6.62. The molecule has 6 nitrogen and oxygen atoms in total. The quantitative estimate of drug-likeness (QED) is 0.305. The standard InChI is InChI=1S/C23H15ClFN5OS/c24-15-6-10-17(11-7-15)27-23-28-21(20(13-26)22(31)29-23)14-4-8-18(9-5-14)30-32-19-3-1-2-16(25)12-19/h1-12,30H,(H2,27,28,29,31). The predicted molar refractivity (Wildman–Crippen MR) is 126 cm³/mol. The monoisotopic (exact) mass is 463 g/mol. The first-order valence-electron chi connectivity index (χ1n) is 9.38. The Hall–Kier alpha value is -3.80. The summed E-state index contributed by atoms with van der Waals surface area (Å²) in [4.78, 5) is 20.2. The number of hydrogen-bond donors (Lipinski definition) is 3. The molecule has 3 N–H and O–H groups in total. The molecule has 1 aromatic heterocycles. The summed E-state index contributed by atoms with van der Waals surface area (Å²) < 4.78 is 16.4. The Labute approximate surface area is 192 Å². The zero-order valence-corrected chi connectivity index (χ0v) is 18.0. The molecule has 0 fully saturated rings. The fourth-order valence-corrected chi connectivity index (χ4v) is 3.68. The molecule has 3 aromatic carbocycles. The first kappa shape index (κ1) is 21.4. The van der Waals surface area contributed by atoms with Gasteiger partial charge in [-0.25, -0.2) is 9.37 Å². The lowest BCUT2D eigenvalue weighted by molar-refractivity contribution is 0.624. The average Bonchev–Trinajstić information content (AvgIpc) is 2.79. The highest BCUT2D eigenvalue weighted by Crippen LogP contribution is 2.26. The Kier molecular flexibility index (Phi) is 6.40. The van der Waals surface area contributed by atoms with E-state index in [4.69, 9.17) is 11.6 Å². The zero-order valence-electron chi connectivity index (χ0n) is 16.4. The summed E-state index contributed by atoms with van der Waals surface area (Å²) in [5, 5.41) is 13.1. The number of rotatable bonds is 6. The van der Waals surface area contributed by atoms with Gasteiger partial charge in [-0.3, -0.25) is 9.78 Å². The van der Waals surface area contributed by atoms with Gasteiger partial charge in [-0.1, -0.05) is 29.8 Å². The van der Waals surface area contributed by atoms with Gasteiger partial charge >= 0.3 is 0 Å². The first-order chi connectivity index (χ1) is 15.5. The van der Waals surface area contributed by atoms with Crippen LogP contribution in [0.3, 0.4) is 0 Å². The van der Waals surface area contributed by atoms with Crippen LogP contribution in [0.25, 0.3) is 11.3 Å². The Bertz CT molecular complexity index is 1350. The molecule has 158 valence electrons. The molecule has 0 radical (unpaired) electrons. The van der Waals surface area contributed by atoms with Crippen molar-refractivity contribution in [1.82, 2.24) is 9.97 Å². The van der Waals surface area contributed by atoms with Crippen LogP contribution in [0, 0.1) is 17.1 Å². The topological polar surface area (TPSA) is 93.6 Å². The third kappa shape index (κ3) is 5.09. The van der Waals surface area contributed by atoms with Crippen molar-refractivity contribution in [2.24, 2.45) is 0 Å². The van der Waals surface area contributed by atoms with E-state index in [-0.39, 0.29) is 23.0 Å². The summed E-state index contributed by atoms with van der Waals surface area (Å²) >= 11 is 7.17. The highest BCUT2D eigenvalue weighted by atomic mass is 35.5. The number of aromatic amines is 1. The van der Waals surface area contributed by atoms with Crippen molar-refractivity contribution in [3.05, 3.63) is 99.6 Å². The summed E-state index contributed by atoms with van der Waals surface area (Å²) in [6, 6.07) is 22.2. The molecular weight excluding hydrogens is 449 g/mol. The van der Waals surface area contributed by atoms with Crippen LogP contribution in [0.5, 0.6) is 0 Å². The summed E-state index contributed by atoms with van der Waals surface area (Å²) in [5.74, 6) is -0.102. The van der Waals surface area contributed by atoms with Gasteiger partial charge in [0.25, 0.3) is 5.56 Å². The van der Waals surface area contributed by atoms with Crippen molar-refractivity contribution in [1.29, 1.82) is 5.26 Å². The number of aromatic nitrogens is 2. The first-order valence-corrected chi connectivity index (χ1v) is 10.6. The predicted octanol–water partition coefficient (Wildman–Crippen LogP) is 5.96. The molecule has 0 aliphatic heterocycles. The largest absolute Gasteiger partial charge is 0.326 e. The molecule has 1 heterocycles. The SMILES string of the molecule is N#Cc1c(-c2ccc(NSc3cccc(F)c3)cc2)nc(Nc2ccc(Cl)cc2)[nH]c1=O. The molecule has 0 atom stereocenters. The zero-order chi connectivity index (χ0) is 22.5. The number of halogens is 2. The maximum atomic E-state index is 13.3. The molecule has 0 amide bonds. The van der Waals surface area contributed by atoms with Gasteiger partial charge in [-0.2, -0.15) is 5.26 Å². The number of benzene rings is 3. The van der Waals surface area contributed by atoms with Crippen LogP contribution >= 0.6 is 23.5 Å². The van der Waals surface area contributed by atoms with Crippen LogP contribution in [0.2, 0.25) is 5.02 Å². The Morgan fingerprint density at radius 3 is 2.44 bits per heavy atom. The van der Waals surface area contributed by atoms with Gasteiger partial charge in [0.15, 0.2) is 0 Å². The van der Waals surface area contributed by atoms with E-state index in [0.29, 0.717) is 16.3 Å². The lowest BCUT2D eigenvalue weighted by Gasteiger charge is -2.10. The van der Waals surface area contributed by atoms with E-state index < -0.39 is 5.56 Å². The van der Waals surface area contributed by atoms with Gasteiger partial charge in [-0.05, 0) is 66.5 Å². The van der Waals surface area contributed by atoms with E-state index in [1.807, 2.05) is 6.07 Å². The summed E-state index contributed by atoms with van der Waals surface area (Å²) in [7, 11) is 0. The van der Waals surface area contributed by atoms with Crippen molar-refractivity contribution in [2.75, 3.05) is 10.0 Å². The van der Waals surface area contributed by atoms with Crippen LogP contribution in [0.15, 0.2) is 82.5 Å². The maximum Gasteiger partial charge on any atom is 0.270 e.